The van der Waals surface area contributed by atoms with E-state index >= 15 is 0 Å². The van der Waals surface area contributed by atoms with Crippen LogP contribution in [0.1, 0.15) is 11.3 Å². The third-order valence-electron chi connectivity index (χ3n) is 4.32. The normalized spacial score (nSPS) is 10.9. The molecule has 28 heavy (non-hydrogen) atoms. The van der Waals surface area contributed by atoms with Crippen molar-refractivity contribution in [1.29, 1.82) is 0 Å². The molecular formula is C21H20ClN5O. The number of halogens is 1. The van der Waals surface area contributed by atoms with Crippen LogP contribution in [0.3, 0.4) is 0 Å². The molecule has 7 heteroatoms. The van der Waals surface area contributed by atoms with E-state index in [4.69, 9.17) is 16.3 Å². The molecule has 0 fully saturated rings. The van der Waals surface area contributed by atoms with Crippen LogP contribution in [0.5, 0.6) is 5.75 Å². The van der Waals surface area contributed by atoms with Gasteiger partial charge in [0.25, 0.3) is 0 Å². The number of hydrogen-bond donors (Lipinski definition) is 1. The molecule has 2 heterocycles. The van der Waals surface area contributed by atoms with Crippen molar-refractivity contribution >= 4 is 28.2 Å². The molecular weight excluding hydrogens is 374 g/mol. The lowest BCUT2D eigenvalue weighted by Crippen LogP contribution is -2.11. The van der Waals surface area contributed by atoms with Crippen molar-refractivity contribution in [3.63, 3.8) is 0 Å². The highest BCUT2D eigenvalue weighted by Crippen LogP contribution is 2.24. The Morgan fingerprint density at radius 3 is 2.96 bits per heavy atom. The molecule has 0 aliphatic heterocycles. The summed E-state index contributed by atoms with van der Waals surface area (Å²) in [5, 5.41) is 13.5. The van der Waals surface area contributed by atoms with E-state index in [9.17, 15) is 0 Å². The van der Waals surface area contributed by atoms with Gasteiger partial charge in [-0.25, -0.2) is 0 Å². The van der Waals surface area contributed by atoms with E-state index < -0.39 is 0 Å². The molecule has 0 saturated heterocycles. The van der Waals surface area contributed by atoms with Gasteiger partial charge in [0.2, 0.25) is 0 Å². The fourth-order valence-corrected chi connectivity index (χ4v) is 3.12. The molecule has 1 N–H and O–H groups in total. The molecule has 4 aromatic rings. The lowest BCUT2D eigenvalue weighted by atomic mass is 10.2. The number of hydrogen-bond acceptors (Lipinski definition) is 5. The van der Waals surface area contributed by atoms with Crippen LogP contribution in [-0.2, 0) is 13.2 Å². The van der Waals surface area contributed by atoms with Gasteiger partial charge in [-0.2, -0.15) is 0 Å². The van der Waals surface area contributed by atoms with Crippen molar-refractivity contribution < 1.29 is 4.74 Å². The lowest BCUT2D eigenvalue weighted by molar-refractivity contribution is 0.301. The Kier molecular flexibility index (Phi) is 5.39. The van der Waals surface area contributed by atoms with E-state index in [0.717, 1.165) is 33.6 Å². The first-order valence-corrected chi connectivity index (χ1v) is 9.42. The van der Waals surface area contributed by atoms with Gasteiger partial charge in [0.05, 0.1) is 18.3 Å². The monoisotopic (exact) mass is 393 g/mol. The summed E-state index contributed by atoms with van der Waals surface area (Å²) in [4.78, 5) is 4.36. The predicted octanol–water partition coefficient (Wildman–Crippen LogP) is 4.48. The summed E-state index contributed by atoms with van der Waals surface area (Å²) >= 11 is 6.04. The molecule has 2 aromatic heterocycles. The van der Waals surface area contributed by atoms with Crippen LogP contribution in [0.2, 0.25) is 5.02 Å². The van der Waals surface area contributed by atoms with Gasteiger partial charge in [0.15, 0.2) is 0 Å². The fourth-order valence-electron chi connectivity index (χ4n) is 2.96. The van der Waals surface area contributed by atoms with Crippen LogP contribution in [0.15, 0.2) is 60.9 Å². The second-order valence-corrected chi connectivity index (χ2v) is 6.96. The Labute approximate surface area is 168 Å². The molecule has 0 atom stereocenters. The van der Waals surface area contributed by atoms with Crippen molar-refractivity contribution in [2.75, 3.05) is 11.9 Å². The first-order chi connectivity index (χ1) is 13.7. The van der Waals surface area contributed by atoms with Crippen LogP contribution in [0.4, 0.5) is 5.69 Å². The summed E-state index contributed by atoms with van der Waals surface area (Å²) in [5.41, 5.74) is 3.85. The number of fused-ring (bicyclic) bond motifs is 1. The summed E-state index contributed by atoms with van der Waals surface area (Å²) < 4.78 is 7.58. The average molecular weight is 394 g/mol. The van der Waals surface area contributed by atoms with Gasteiger partial charge in [-0.3, -0.25) is 9.67 Å². The van der Waals surface area contributed by atoms with Crippen molar-refractivity contribution in [1.82, 2.24) is 20.0 Å². The van der Waals surface area contributed by atoms with Gasteiger partial charge < -0.3 is 10.1 Å². The molecule has 0 amide bonds. The van der Waals surface area contributed by atoms with Crippen LogP contribution in [0, 0.1) is 6.92 Å². The molecule has 0 aliphatic rings. The highest BCUT2D eigenvalue weighted by molar-refractivity contribution is 6.31. The largest absolute Gasteiger partial charge is 0.487 e. The summed E-state index contributed by atoms with van der Waals surface area (Å²) in [6.07, 6.45) is 3.68. The predicted molar refractivity (Wildman–Crippen MR) is 111 cm³/mol. The van der Waals surface area contributed by atoms with E-state index in [-0.39, 0.29) is 0 Å². The summed E-state index contributed by atoms with van der Waals surface area (Å²) in [5.74, 6) is 0.834. The minimum absolute atomic E-state index is 0.395. The Morgan fingerprint density at radius 2 is 2.07 bits per heavy atom. The van der Waals surface area contributed by atoms with E-state index in [1.165, 1.54) is 0 Å². The third-order valence-corrected chi connectivity index (χ3v) is 4.56. The van der Waals surface area contributed by atoms with Crippen LogP contribution in [0.25, 0.3) is 10.9 Å². The second-order valence-electron chi connectivity index (χ2n) is 6.52. The molecule has 6 nitrogen and oxygen atoms in total. The maximum atomic E-state index is 6.04. The molecule has 0 spiro atoms. The number of aromatic nitrogens is 4. The Bertz CT molecular complexity index is 1100. The zero-order valence-electron chi connectivity index (χ0n) is 15.5. The van der Waals surface area contributed by atoms with Crippen molar-refractivity contribution in [2.45, 2.75) is 20.1 Å². The number of pyridine rings is 1. The smallest absolute Gasteiger partial charge is 0.134 e. The Morgan fingerprint density at radius 1 is 1.14 bits per heavy atom. The van der Waals surface area contributed by atoms with Crippen molar-refractivity contribution in [2.24, 2.45) is 0 Å². The van der Waals surface area contributed by atoms with Crippen LogP contribution < -0.4 is 10.1 Å². The summed E-state index contributed by atoms with van der Waals surface area (Å²) in [6.45, 7) is 3.83. The lowest BCUT2D eigenvalue weighted by Gasteiger charge is -2.09. The van der Waals surface area contributed by atoms with Gasteiger partial charge in [-0.15, -0.1) is 5.10 Å². The van der Waals surface area contributed by atoms with Gasteiger partial charge in [0.1, 0.15) is 18.1 Å². The number of nitrogens with one attached hydrogen (secondary N) is 1. The summed E-state index contributed by atoms with van der Waals surface area (Å²) in [7, 11) is 0. The minimum atomic E-state index is 0.395. The highest BCUT2D eigenvalue weighted by Gasteiger charge is 2.05. The maximum Gasteiger partial charge on any atom is 0.134 e. The zero-order chi connectivity index (χ0) is 19.3. The van der Waals surface area contributed by atoms with Gasteiger partial charge >= 0.3 is 0 Å². The quantitative estimate of drug-likeness (QED) is 0.501. The average Bonchev–Trinajstić information content (AvgIpc) is 3.14. The molecule has 0 bridgehead atoms. The SMILES string of the molecule is Cc1cccc(OCc2cn(CCNc3ccnc4cc(Cl)ccc34)nn2)c1. The number of rotatable bonds is 7. The van der Waals surface area contributed by atoms with Gasteiger partial charge in [-0.1, -0.05) is 28.9 Å². The van der Waals surface area contributed by atoms with E-state index in [1.807, 2.05) is 66.3 Å². The number of benzene rings is 2. The summed E-state index contributed by atoms with van der Waals surface area (Å²) in [6, 6.07) is 15.6. The minimum Gasteiger partial charge on any atom is -0.487 e. The molecule has 142 valence electrons. The molecule has 2 aromatic carbocycles. The Hall–Kier alpha value is -3.12. The topological polar surface area (TPSA) is 64.9 Å². The van der Waals surface area contributed by atoms with Crippen LogP contribution >= 0.6 is 11.6 Å². The zero-order valence-corrected chi connectivity index (χ0v) is 16.2. The van der Waals surface area contributed by atoms with Crippen LogP contribution in [-0.4, -0.2) is 26.5 Å². The molecule has 0 radical (unpaired) electrons. The fraction of sp³-hybridized carbons (Fsp3) is 0.190. The molecule has 0 saturated carbocycles. The van der Waals surface area contributed by atoms with E-state index in [1.54, 1.807) is 6.20 Å². The van der Waals surface area contributed by atoms with E-state index in [2.05, 4.69) is 20.6 Å². The van der Waals surface area contributed by atoms with Gasteiger partial charge in [0, 0.05) is 28.8 Å². The number of aryl methyl sites for hydroxylation is 1. The van der Waals surface area contributed by atoms with Gasteiger partial charge in [-0.05, 0) is 48.9 Å². The standard InChI is InChI=1S/C21H20ClN5O/c1-15-3-2-4-18(11-15)28-14-17-13-27(26-25-17)10-9-24-20-7-8-23-21-12-16(22)5-6-19(20)21/h2-8,11-13H,9-10,14H2,1H3,(H,23,24). The number of anilines is 1. The van der Waals surface area contributed by atoms with Crippen molar-refractivity contribution in [3.05, 3.63) is 77.2 Å². The second kappa shape index (κ2) is 8.27. The molecule has 0 aliphatic carbocycles. The number of ether oxygens (including phenoxy) is 1. The first-order valence-electron chi connectivity index (χ1n) is 9.04. The molecule has 4 rings (SSSR count). The number of nitrogens with zero attached hydrogens (tertiary/aromatic N) is 4. The maximum absolute atomic E-state index is 6.04. The highest BCUT2D eigenvalue weighted by atomic mass is 35.5. The van der Waals surface area contributed by atoms with Crippen molar-refractivity contribution in [3.8, 4) is 5.75 Å². The first kappa shape index (κ1) is 18.3. The van der Waals surface area contributed by atoms with E-state index in [0.29, 0.717) is 24.7 Å². The third kappa shape index (κ3) is 4.40. The molecule has 0 unspecified atom stereocenters. The Balaban J connectivity index is 1.32.